The van der Waals surface area contributed by atoms with E-state index in [0.29, 0.717) is 5.69 Å². The van der Waals surface area contributed by atoms with Crippen molar-refractivity contribution in [2.24, 2.45) is 0 Å². The first-order chi connectivity index (χ1) is 13.5. The number of carbonyl (C=O) groups excluding carboxylic acids is 1. The Labute approximate surface area is 158 Å². The van der Waals surface area contributed by atoms with Gasteiger partial charge < -0.3 is 14.0 Å². The number of halogens is 1. The summed E-state index contributed by atoms with van der Waals surface area (Å²) in [5.74, 6) is -1.00. The van der Waals surface area contributed by atoms with E-state index >= 15 is 0 Å². The number of hydrogen-bond donors (Lipinski definition) is 0. The van der Waals surface area contributed by atoms with Crippen LogP contribution < -0.4 is 11.2 Å². The van der Waals surface area contributed by atoms with Crippen molar-refractivity contribution < 1.29 is 18.7 Å². The summed E-state index contributed by atoms with van der Waals surface area (Å²) < 4.78 is 26.8. The fourth-order valence-electron chi connectivity index (χ4n) is 2.85. The Morgan fingerprint density at radius 2 is 1.93 bits per heavy atom. The summed E-state index contributed by atoms with van der Waals surface area (Å²) in [5, 5.41) is 0. The van der Waals surface area contributed by atoms with Crippen LogP contribution in [0.2, 0.25) is 0 Å². The van der Waals surface area contributed by atoms with E-state index < -0.39 is 23.0 Å². The van der Waals surface area contributed by atoms with Gasteiger partial charge in [0.25, 0.3) is 5.56 Å². The maximum atomic E-state index is 13.3. The summed E-state index contributed by atoms with van der Waals surface area (Å²) in [6, 6.07) is 5.22. The summed E-state index contributed by atoms with van der Waals surface area (Å²) in [6.07, 6.45) is 1.29. The topological polar surface area (TPSA) is 97.4 Å². The number of carbonyl (C=O) groups is 1. The number of aromatic nitrogens is 4. The molecular formula is C18H19FN4O5. The lowest BCUT2D eigenvalue weighted by atomic mass is 10.3. The highest BCUT2D eigenvalue weighted by molar-refractivity contribution is 5.76. The van der Waals surface area contributed by atoms with Crippen molar-refractivity contribution in [3.05, 3.63) is 57.2 Å². The van der Waals surface area contributed by atoms with Crippen molar-refractivity contribution in [2.45, 2.75) is 20.0 Å². The van der Waals surface area contributed by atoms with Crippen molar-refractivity contribution in [3.63, 3.8) is 0 Å². The minimum absolute atomic E-state index is 0.00981. The number of imidazole rings is 1. The van der Waals surface area contributed by atoms with Crippen LogP contribution in [-0.4, -0.2) is 45.0 Å². The van der Waals surface area contributed by atoms with Crippen molar-refractivity contribution >= 4 is 17.1 Å². The van der Waals surface area contributed by atoms with Crippen LogP contribution in [0.5, 0.6) is 0 Å². The molecule has 0 amide bonds. The third-order valence-corrected chi connectivity index (χ3v) is 4.11. The van der Waals surface area contributed by atoms with Crippen molar-refractivity contribution in [1.29, 1.82) is 0 Å². The quantitative estimate of drug-likeness (QED) is 0.551. The monoisotopic (exact) mass is 390 g/mol. The minimum Gasteiger partial charge on any atom is -0.465 e. The van der Waals surface area contributed by atoms with Gasteiger partial charge >= 0.3 is 11.7 Å². The minimum atomic E-state index is -0.637. The summed E-state index contributed by atoms with van der Waals surface area (Å²) in [7, 11) is 1.45. The van der Waals surface area contributed by atoms with Gasteiger partial charge in [0.05, 0.1) is 31.8 Å². The summed E-state index contributed by atoms with van der Waals surface area (Å²) in [5.41, 5.74) is -0.767. The third-order valence-electron chi connectivity index (χ3n) is 4.11. The van der Waals surface area contributed by atoms with Gasteiger partial charge in [-0.25, -0.2) is 18.7 Å². The van der Waals surface area contributed by atoms with Gasteiger partial charge in [0, 0.05) is 7.11 Å². The molecule has 0 aliphatic heterocycles. The van der Waals surface area contributed by atoms with Crippen LogP contribution in [0.25, 0.3) is 16.9 Å². The molecule has 0 radical (unpaired) electrons. The molecular weight excluding hydrogens is 371 g/mol. The zero-order valence-electron chi connectivity index (χ0n) is 15.4. The second-order valence-electron chi connectivity index (χ2n) is 5.89. The fourth-order valence-corrected chi connectivity index (χ4v) is 2.85. The molecule has 0 bridgehead atoms. The van der Waals surface area contributed by atoms with E-state index in [0.717, 1.165) is 4.57 Å². The lowest BCUT2D eigenvalue weighted by Crippen LogP contribution is -2.41. The number of methoxy groups -OCH3 is 1. The molecule has 0 spiro atoms. The molecule has 2 aromatic heterocycles. The third kappa shape index (κ3) is 3.58. The van der Waals surface area contributed by atoms with Crippen LogP contribution in [0, 0.1) is 5.82 Å². The number of nitrogens with zero attached hydrogens (tertiary/aromatic N) is 4. The molecule has 0 N–H and O–H groups in total. The standard InChI is InChI=1S/C18H19FN4O5/c1-3-28-14(24)10-21-11-20-16-15(21)17(25)22(8-9-27-2)18(26)23(16)13-6-4-12(19)5-7-13/h4-7,11H,3,8-10H2,1-2H3. The second kappa shape index (κ2) is 8.17. The molecule has 0 aliphatic rings. The predicted octanol–water partition coefficient (Wildman–Crippen LogP) is 0.698. The number of ether oxygens (including phenoxy) is 2. The molecule has 1 aromatic carbocycles. The molecule has 9 nitrogen and oxygen atoms in total. The van der Waals surface area contributed by atoms with Gasteiger partial charge in [0.1, 0.15) is 12.4 Å². The van der Waals surface area contributed by atoms with E-state index in [4.69, 9.17) is 9.47 Å². The SMILES string of the molecule is CCOC(=O)Cn1cnc2c1c(=O)n(CCOC)c(=O)n2-c1ccc(F)cc1. The average Bonchev–Trinajstić information content (AvgIpc) is 3.06. The first-order valence-electron chi connectivity index (χ1n) is 8.59. The molecule has 3 rings (SSSR count). The summed E-state index contributed by atoms with van der Waals surface area (Å²) in [4.78, 5) is 41.9. The molecule has 28 heavy (non-hydrogen) atoms. The molecule has 0 saturated carbocycles. The maximum Gasteiger partial charge on any atom is 0.337 e. The van der Waals surface area contributed by atoms with Gasteiger partial charge in [-0.3, -0.25) is 14.2 Å². The van der Waals surface area contributed by atoms with Crippen LogP contribution in [0.1, 0.15) is 6.92 Å². The lowest BCUT2D eigenvalue weighted by molar-refractivity contribution is -0.143. The first kappa shape index (κ1) is 19.5. The van der Waals surface area contributed by atoms with E-state index in [1.165, 1.54) is 46.8 Å². The molecule has 0 unspecified atom stereocenters. The fraction of sp³-hybridized carbons (Fsp3) is 0.333. The molecule has 3 aromatic rings. The smallest absolute Gasteiger partial charge is 0.337 e. The van der Waals surface area contributed by atoms with E-state index in [2.05, 4.69) is 4.98 Å². The lowest BCUT2D eigenvalue weighted by Gasteiger charge is -2.12. The van der Waals surface area contributed by atoms with Crippen LogP contribution in [0.15, 0.2) is 40.2 Å². The highest BCUT2D eigenvalue weighted by atomic mass is 19.1. The Bertz CT molecular complexity index is 1110. The normalized spacial score (nSPS) is 11.1. The Morgan fingerprint density at radius 1 is 1.21 bits per heavy atom. The van der Waals surface area contributed by atoms with E-state index in [9.17, 15) is 18.8 Å². The molecule has 0 atom stereocenters. The zero-order chi connectivity index (χ0) is 20.3. The molecule has 148 valence electrons. The molecule has 0 saturated heterocycles. The molecule has 0 aliphatic carbocycles. The van der Waals surface area contributed by atoms with Crippen molar-refractivity contribution in [1.82, 2.24) is 18.7 Å². The number of benzene rings is 1. The number of hydrogen-bond acceptors (Lipinski definition) is 6. The number of fused-ring (bicyclic) bond motifs is 1. The highest BCUT2D eigenvalue weighted by Crippen LogP contribution is 2.14. The molecule has 10 heteroatoms. The van der Waals surface area contributed by atoms with Crippen molar-refractivity contribution in [3.8, 4) is 5.69 Å². The van der Waals surface area contributed by atoms with Gasteiger partial charge in [-0.15, -0.1) is 0 Å². The Balaban J connectivity index is 2.28. The highest BCUT2D eigenvalue weighted by Gasteiger charge is 2.20. The average molecular weight is 390 g/mol. The van der Waals surface area contributed by atoms with Gasteiger partial charge in [0.2, 0.25) is 0 Å². The maximum absolute atomic E-state index is 13.3. The number of esters is 1. The Hall–Kier alpha value is -3.27. The van der Waals surface area contributed by atoms with Crippen LogP contribution >= 0.6 is 0 Å². The molecule has 2 heterocycles. The van der Waals surface area contributed by atoms with Crippen LogP contribution in [0.4, 0.5) is 4.39 Å². The van der Waals surface area contributed by atoms with Gasteiger partial charge in [-0.1, -0.05) is 0 Å². The van der Waals surface area contributed by atoms with Crippen LogP contribution in [-0.2, 0) is 27.4 Å². The van der Waals surface area contributed by atoms with Gasteiger partial charge in [-0.2, -0.15) is 0 Å². The van der Waals surface area contributed by atoms with E-state index in [1.807, 2.05) is 0 Å². The zero-order valence-corrected chi connectivity index (χ0v) is 15.4. The Morgan fingerprint density at radius 3 is 2.57 bits per heavy atom. The van der Waals surface area contributed by atoms with E-state index in [-0.39, 0.29) is 37.5 Å². The largest absolute Gasteiger partial charge is 0.465 e. The van der Waals surface area contributed by atoms with Crippen molar-refractivity contribution in [2.75, 3.05) is 20.3 Å². The predicted molar refractivity (Wildman–Crippen MR) is 98.1 cm³/mol. The number of rotatable bonds is 7. The summed E-state index contributed by atoms with van der Waals surface area (Å²) >= 11 is 0. The summed E-state index contributed by atoms with van der Waals surface area (Å²) in [6.45, 7) is 1.79. The second-order valence-corrected chi connectivity index (χ2v) is 5.89. The van der Waals surface area contributed by atoms with Gasteiger partial charge in [-0.05, 0) is 31.2 Å². The van der Waals surface area contributed by atoms with Crippen LogP contribution in [0.3, 0.4) is 0 Å². The molecule has 0 fully saturated rings. The van der Waals surface area contributed by atoms with E-state index in [1.54, 1.807) is 6.92 Å². The Kier molecular flexibility index (Phi) is 5.69. The first-order valence-corrected chi connectivity index (χ1v) is 8.59. The van der Waals surface area contributed by atoms with Gasteiger partial charge in [0.15, 0.2) is 11.2 Å².